The number of hydrogen-bond acceptors (Lipinski definition) is 4. The van der Waals surface area contributed by atoms with Gasteiger partial charge in [0.15, 0.2) is 0 Å². The molecule has 0 amide bonds. The Kier molecular flexibility index (Phi) is 4.75. The van der Waals surface area contributed by atoms with Crippen LogP contribution in [0.5, 0.6) is 0 Å². The maximum Gasteiger partial charge on any atom is 0.315 e. The van der Waals surface area contributed by atoms with Gasteiger partial charge in [0, 0.05) is 37.1 Å². The quantitative estimate of drug-likeness (QED) is 0.625. The SMILES string of the molecule is CC(=O)OC(=O)CCn1cc(CN(C)C)c2ccccc21. The summed E-state index contributed by atoms with van der Waals surface area (Å²) in [7, 11) is 4.05. The molecule has 21 heavy (non-hydrogen) atoms. The van der Waals surface area contributed by atoms with Crippen LogP contribution < -0.4 is 0 Å². The van der Waals surface area contributed by atoms with E-state index in [9.17, 15) is 9.59 Å². The highest BCUT2D eigenvalue weighted by atomic mass is 16.6. The fourth-order valence-electron chi connectivity index (χ4n) is 2.40. The highest BCUT2D eigenvalue weighted by Crippen LogP contribution is 2.22. The minimum Gasteiger partial charge on any atom is -0.393 e. The van der Waals surface area contributed by atoms with E-state index in [2.05, 4.69) is 21.9 Å². The van der Waals surface area contributed by atoms with E-state index in [0.29, 0.717) is 6.54 Å². The van der Waals surface area contributed by atoms with Crippen molar-refractivity contribution in [1.29, 1.82) is 0 Å². The molecule has 2 aromatic rings. The molecule has 0 saturated carbocycles. The van der Waals surface area contributed by atoms with Crippen molar-refractivity contribution >= 4 is 22.8 Å². The molecule has 0 unspecified atom stereocenters. The summed E-state index contributed by atoms with van der Waals surface area (Å²) >= 11 is 0. The molecular formula is C16H20N2O3. The average Bonchev–Trinajstić information content (AvgIpc) is 2.74. The summed E-state index contributed by atoms with van der Waals surface area (Å²) in [5.74, 6) is -1.06. The van der Waals surface area contributed by atoms with Gasteiger partial charge in [-0.1, -0.05) is 18.2 Å². The normalized spacial score (nSPS) is 11.0. The van der Waals surface area contributed by atoms with E-state index in [1.54, 1.807) is 0 Å². The molecule has 1 heterocycles. The molecule has 0 radical (unpaired) electrons. The topological polar surface area (TPSA) is 51.5 Å². The van der Waals surface area contributed by atoms with Crippen LogP contribution in [0.4, 0.5) is 0 Å². The number of nitrogens with zero attached hydrogens (tertiary/aromatic N) is 2. The molecule has 5 nitrogen and oxygen atoms in total. The lowest BCUT2D eigenvalue weighted by molar-refractivity contribution is -0.158. The summed E-state index contributed by atoms with van der Waals surface area (Å²) in [5, 5.41) is 1.19. The van der Waals surface area contributed by atoms with Gasteiger partial charge in [-0.05, 0) is 25.7 Å². The van der Waals surface area contributed by atoms with Gasteiger partial charge in [0.1, 0.15) is 0 Å². The molecule has 0 saturated heterocycles. The van der Waals surface area contributed by atoms with Crippen molar-refractivity contribution in [3.05, 3.63) is 36.0 Å². The Hall–Kier alpha value is -2.14. The van der Waals surface area contributed by atoms with Gasteiger partial charge in [0.2, 0.25) is 0 Å². The van der Waals surface area contributed by atoms with Crippen LogP contribution in [-0.4, -0.2) is 35.5 Å². The lowest BCUT2D eigenvalue weighted by Crippen LogP contribution is -2.12. The Bertz CT molecular complexity index is 659. The van der Waals surface area contributed by atoms with Crippen molar-refractivity contribution in [1.82, 2.24) is 9.47 Å². The third kappa shape index (κ3) is 3.92. The van der Waals surface area contributed by atoms with Crippen LogP contribution in [0.3, 0.4) is 0 Å². The van der Waals surface area contributed by atoms with Crippen LogP contribution in [0.25, 0.3) is 10.9 Å². The van der Waals surface area contributed by atoms with E-state index < -0.39 is 11.9 Å². The first-order chi connectivity index (χ1) is 9.97. The third-order valence-corrected chi connectivity index (χ3v) is 3.17. The van der Waals surface area contributed by atoms with E-state index in [4.69, 9.17) is 0 Å². The molecule has 0 N–H and O–H groups in total. The first-order valence-electron chi connectivity index (χ1n) is 6.90. The van der Waals surface area contributed by atoms with Gasteiger partial charge in [-0.2, -0.15) is 0 Å². The summed E-state index contributed by atoms with van der Waals surface area (Å²) in [5.41, 5.74) is 2.31. The lowest BCUT2D eigenvalue weighted by Gasteiger charge is -2.07. The molecule has 0 aliphatic carbocycles. The number of carbonyl (C=O) groups is 2. The van der Waals surface area contributed by atoms with E-state index >= 15 is 0 Å². The molecule has 0 aliphatic heterocycles. The predicted molar refractivity (Wildman–Crippen MR) is 80.7 cm³/mol. The molecular weight excluding hydrogens is 268 g/mol. The molecule has 1 aromatic carbocycles. The van der Waals surface area contributed by atoms with Crippen molar-refractivity contribution in [2.24, 2.45) is 0 Å². The second-order valence-electron chi connectivity index (χ2n) is 5.32. The Morgan fingerprint density at radius 1 is 1.24 bits per heavy atom. The van der Waals surface area contributed by atoms with Crippen LogP contribution in [-0.2, 0) is 27.4 Å². The van der Waals surface area contributed by atoms with Gasteiger partial charge >= 0.3 is 11.9 Å². The first-order valence-corrected chi connectivity index (χ1v) is 6.90. The molecule has 0 bridgehead atoms. The van der Waals surface area contributed by atoms with Crippen LogP contribution in [0, 0.1) is 0 Å². The lowest BCUT2D eigenvalue weighted by atomic mass is 10.2. The van der Waals surface area contributed by atoms with Crippen LogP contribution in [0.15, 0.2) is 30.5 Å². The van der Waals surface area contributed by atoms with Gasteiger partial charge in [0.25, 0.3) is 0 Å². The fourth-order valence-corrected chi connectivity index (χ4v) is 2.40. The zero-order valence-electron chi connectivity index (χ0n) is 12.6. The van der Waals surface area contributed by atoms with Crippen molar-refractivity contribution in [2.45, 2.75) is 26.4 Å². The molecule has 0 fully saturated rings. The van der Waals surface area contributed by atoms with Crippen molar-refractivity contribution in [2.75, 3.05) is 14.1 Å². The second-order valence-corrected chi connectivity index (χ2v) is 5.32. The summed E-state index contributed by atoms with van der Waals surface area (Å²) < 4.78 is 6.59. The van der Waals surface area contributed by atoms with Crippen molar-refractivity contribution < 1.29 is 14.3 Å². The van der Waals surface area contributed by atoms with E-state index in [0.717, 1.165) is 12.1 Å². The maximum absolute atomic E-state index is 11.5. The standard InChI is InChI=1S/C16H20N2O3/c1-12(19)21-16(20)8-9-18-11-13(10-17(2)3)14-6-4-5-7-15(14)18/h4-7,11H,8-10H2,1-3H3. The monoisotopic (exact) mass is 288 g/mol. The number of fused-ring (bicyclic) bond motifs is 1. The molecule has 112 valence electrons. The first kappa shape index (κ1) is 15.3. The van der Waals surface area contributed by atoms with E-state index in [1.807, 2.05) is 36.9 Å². The molecule has 0 aliphatic rings. The number of aryl methyl sites for hydroxylation is 1. The van der Waals surface area contributed by atoms with Gasteiger partial charge in [-0.25, -0.2) is 0 Å². The molecule has 2 rings (SSSR count). The predicted octanol–water partition coefficient (Wildman–Crippen LogP) is 2.18. The van der Waals surface area contributed by atoms with Crippen molar-refractivity contribution in [3.63, 3.8) is 0 Å². The summed E-state index contributed by atoms with van der Waals surface area (Å²) in [4.78, 5) is 24.3. The van der Waals surface area contributed by atoms with Crippen molar-refractivity contribution in [3.8, 4) is 0 Å². The van der Waals surface area contributed by atoms with Gasteiger partial charge in [-0.15, -0.1) is 0 Å². The Morgan fingerprint density at radius 3 is 2.62 bits per heavy atom. The zero-order chi connectivity index (χ0) is 15.4. The maximum atomic E-state index is 11.5. The van der Waals surface area contributed by atoms with E-state index in [1.165, 1.54) is 17.9 Å². The third-order valence-electron chi connectivity index (χ3n) is 3.17. The highest BCUT2D eigenvalue weighted by Gasteiger charge is 2.11. The largest absolute Gasteiger partial charge is 0.393 e. The summed E-state index contributed by atoms with van der Waals surface area (Å²) in [6.45, 7) is 2.57. The molecule has 5 heteroatoms. The highest BCUT2D eigenvalue weighted by molar-refractivity contribution is 5.85. The number of para-hydroxylation sites is 1. The van der Waals surface area contributed by atoms with Crippen LogP contribution in [0.1, 0.15) is 18.9 Å². The van der Waals surface area contributed by atoms with Gasteiger partial charge in [0.05, 0.1) is 6.42 Å². The Balaban J connectivity index is 2.19. The number of hydrogen-bond donors (Lipinski definition) is 0. The second kappa shape index (κ2) is 6.54. The Morgan fingerprint density at radius 2 is 1.95 bits per heavy atom. The summed E-state index contributed by atoms with van der Waals surface area (Å²) in [6, 6.07) is 8.10. The Labute approximate surface area is 124 Å². The number of ether oxygens (including phenoxy) is 1. The van der Waals surface area contributed by atoms with Crippen LogP contribution in [0.2, 0.25) is 0 Å². The smallest absolute Gasteiger partial charge is 0.315 e. The zero-order valence-corrected chi connectivity index (χ0v) is 12.6. The average molecular weight is 288 g/mol. The van der Waals surface area contributed by atoms with Gasteiger partial charge < -0.3 is 14.2 Å². The molecule has 1 aromatic heterocycles. The minimum atomic E-state index is -0.564. The molecule has 0 atom stereocenters. The summed E-state index contributed by atoms with van der Waals surface area (Å²) in [6.07, 6.45) is 2.24. The van der Waals surface area contributed by atoms with Gasteiger partial charge in [-0.3, -0.25) is 9.59 Å². The number of esters is 2. The number of carbonyl (C=O) groups excluding carboxylic acids is 2. The minimum absolute atomic E-state index is 0.180. The number of benzene rings is 1. The van der Waals surface area contributed by atoms with Crippen LogP contribution >= 0.6 is 0 Å². The fraction of sp³-hybridized carbons (Fsp3) is 0.375. The number of aromatic nitrogens is 1. The molecule has 0 spiro atoms. The number of rotatable bonds is 5. The van der Waals surface area contributed by atoms with E-state index in [-0.39, 0.29) is 6.42 Å².